The van der Waals surface area contributed by atoms with Crippen molar-refractivity contribution in [3.8, 4) is 0 Å². The summed E-state index contributed by atoms with van der Waals surface area (Å²) >= 11 is 5.72. The number of sulfonamides is 1. The Hall–Kier alpha value is -1.37. The third-order valence-corrected chi connectivity index (χ3v) is 5.25. The average molecular weight is 328 g/mol. The highest BCUT2D eigenvalue weighted by atomic mass is 35.5. The Kier molecular flexibility index (Phi) is 5.03. The van der Waals surface area contributed by atoms with Gasteiger partial charge in [0.1, 0.15) is 0 Å². The molecule has 0 atom stereocenters. The molecular formula is C14H18ClN3O2S. The average Bonchev–Trinajstić information content (AvgIpc) is 2.84. The minimum Gasteiger partial charge on any atom is -0.275 e. The van der Waals surface area contributed by atoms with Gasteiger partial charge in [-0.2, -0.15) is 5.10 Å². The lowest BCUT2D eigenvalue weighted by Gasteiger charge is -2.16. The van der Waals surface area contributed by atoms with Crippen LogP contribution in [-0.4, -0.2) is 29.6 Å². The smallest absolute Gasteiger partial charge is 0.218 e. The predicted molar refractivity (Wildman–Crippen MR) is 83.3 cm³/mol. The van der Waals surface area contributed by atoms with Crippen LogP contribution in [0, 0.1) is 0 Å². The fourth-order valence-corrected chi connectivity index (χ4v) is 3.31. The maximum Gasteiger partial charge on any atom is 0.218 e. The largest absolute Gasteiger partial charge is 0.275 e. The van der Waals surface area contributed by atoms with Crippen LogP contribution in [0.3, 0.4) is 0 Å². The number of halogens is 1. The van der Waals surface area contributed by atoms with Crippen molar-refractivity contribution in [3.05, 3.63) is 53.3 Å². The van der Waals surface area contributed by atoms with E-state index in [9.17, 15) is 8.42 Å². The van der Waals surface area contributed by atoms with Crippen LogP contribution in [0.25, 0.3) is 0 Å². The van der Waals surface area contributed by atoms with Crippen LogP contribution < -0.4 is 0 Å². The fraction of sp³-hybridized carbons (Fsp3) is 0.357. The highest BCUT2D eigenvalue weighted by Crippen LogP contribution is 2.14. The molecule has 0 unspecified atom stereocenters. The Balaban J connectivity index is 2.05. The number of hydrogen-bond acceptors (Lipinski definition) is 3. The molecule has 1 aromatic heterocycles. The first kappa shape index (κ1) is 16.0. The van der Waals surface area contributed by atoms with Crippen LogP contribution in [0.2, 0.25) is 0 Å². The third kappa shape index (κ3) is 4.30. The molecule has 5 nitrogen and oxygen atoms in total. The van der Waals surface area contributed by atoms with E-state index in [0.717, 1.165) is 16.7 Å². The first-order valence-electron chi connectivity index (χ1n) is 6.46. The number of alkyl halides is 1. The molecule has 0 aliphatic heterocycles. The van der Waals surface area contributed by atoms with E-state index in [2.05, 4.69) is 5.10 Å². The quantitative estimate of drug-likeness (QED) is 0.764. The topological polar surface area (TPSA) is 55.2 Å². The van der Waals surface area contributed by atoms with E-state index in [4.69, 9.17) is 11.6 Å². The summed E-state index contributed by atoms with van der Waals surface area (Å²) in [5, 5.41) is 4.04. The van der Waals surface area contributed by atoms with E-state index < -0.39 is 10.0 Å². The van der Waals surface area contributed by atoms with E-state index >= 15 is 0 Å². The van der Waals surface area contributed by atoms with Gasteiger partial charge in [-0.25, -0.2) is 12.7 Å². The van der Waals surface area contributed by atoms with Crippen molar-refractivity contribution in [1.29, 1.82) is 0 Å². The lowest BCUT2D eigenvalue weighted by Crippen LogP contribution is -2.27. The van der Waals surface area contributed by atoms with Crippen LogP contribution in [0.4, 0.5) is 0 Å². The Bertz CT molecular complexity index is 695. The second-order valence-electron chi connectivity index (χ2n) is 4.98. The SMILES string of the molecule is CN(Cc1cnn(C)c1)S(=O)(=O)Cc1ccc(CCl)cc1. The summed E-state index contributed by atoms with van der Waals surface area (Å²) < 4.78 is 27.7. The summed E-state index contributed by atoms with van der Waals surface area (Å²) in [6.45, 7) is 0.315. The molecular weight excluding hydrogens is 310 g/mol. The maximum atomic E-state index is 12.3. The Morgan fingerprint density at radius 3 is 2.33 bits per heavy atom. The Morgan fingerprint density at radius 2 is 1.81 bits per heavy atom. The predicted octanol–water partition coefficient (Wildman–Crippen LogP) is 2.12. The summed E-state index contributed by atoms with van der Waals surface area (Å²) in [6.07, 6.45) is 3.47. The molecule has 2 rings (SSSR count). The molecule has 0 radical (unpaired) electrons. The highest BCUT2D eigenvalue weighted by Gasteiger charge is 2.19. The van der Waals surface area contributed by atoms with Gasteiger partial charge in [0.05, 0.1) is 11.9 Å². The van der Waals surface area contributed by atoms with Gasteiger partial charge in [-0.3, -0.25) is 4.68 Å². The number of nitrogens with zero attached hydrogens (tertiary/aromatic N) is 3. The van der Waals surface area contributed by atoms with Crippen molar-refractivity contribution in [2.45, 2.75) is 18.2 Å². The van der Waals surface area contributed by atoms with Crippen molar-refractivity contribution < 1.29 is 8.42 Å². The highest BCUT2D eigenvalue weighted by molar-refractivity contribution is 7.88. The summed E-state index contributed by atoms with van der Waals surface area (Å²) in [4.78, 5) is 0. The molecule has 0 saturated heterocycles. The van der Waals surface area contributed by atoms with Crippen molar-refractivity contribution in [1.82, 2.24) is 14.1 Å². The molecule has 0 spiro atoms. The van der Waals surface area contributed by atoms with E-state index in [1.165, 1.54) is 4.31 Å². The minimum absolute atomic E-state index is 0.0215. The molecule has 21 heavy (non-hydrogen) atoms. The van der Waals surface area contributed by atoms with Gasteiger partial charge in [-0.05, 0) is 11.1 Å². The van der Waals surface area contributed by atoms with Crippen LogP contribution in [0.15, 0.2) is 36.7 Å². The minimum atomic E-state index is -3.36. The van der Waals surface area contributed by atoms with E-state index in [-0.39, 0.29) is 5.75 Å². The number of rotatable bonds is 6. The van der Waals surface area contributed by atoms with Gasteiger partial charge < -0.3 is 0 Å². The van der Waals surface area contributed by atoms with Crippen molar-refractivity contribution in [2.24, 2.45) is 7.05 Å². The van der Waals surface area contributed by atoms with Crippen molar-refractivity contribution in [3.63, 3.8) is 0 Å². The summed E-state index contributed by atoms with van der Waals surface area (Å²) in [5.41, 5.74) is 2.59. The van der Waals surface area contributed by atoms with Crippen LogP contribution in [-0.2, 0) is 35.2 Å². The standard InChI is InChI=1S/C14H18ClN3O2S/c1-17-9-14(8-16-17)10-18(2)21(19,20)11-13-5-3-12(7-15)4-6-13/h3-6,8-9H,7,10-11H2,1-2H3. The van der Waals surface area contributed by atoms with Crippen LogP contribution in [0.5, 0.6) is 0 Å². The normalized spacial score (nSPS) is 12.0. The van der Waals surface area contributed by atoms with Crippen molar-refractivity contribution >= 4 is 21.6 Å². The second kappa shape index (κ2) is 6.60. The number of aryl methyl sites for hydroxylation is 1. The first-order chi connectivity index (χ1) is 9.90. The Labute approximate surface area is 130 Å². The van der Waals surface area contributed by atoms with Gasteiger partial charge in [-0.1, -0.05) is 24.3 Å². The van der Waals surface area contributed by atoms with Gasteiger partial charge in [0.25, 0.3) is 0 Å². The van der Waals surface area contributed by atoms with E-state index in [0.29, 0.717) is 12.4 Å². The van der Waals surface area contributed by atoms with Gasteiger partial charge in [0.15, 0.2) is 0 Å². The van der Waals surface area contributed by atoms with Gasteiger partial charge in [-0.15, -0.1) is 11.6 Å². The molecule has 0 aliphatic carbocycles. The van der Waals surface area contributed by atoms with Crippen molar-refractivity contribution in [2.75, 3.05) is 7.05 Å². The molecule has 7 heteroatoms. The third-order valence-electron chi connectivity index (χ3n) is 3.16. The molecule has 1 heterocycles. The lowest BCUT2D eigenvalue weighted by atomic mass is 10.2. The molecule has 114 valence electrons. The summed E-state index contributed by atoms with van der Waals surface area (Å²) in [7, 11) is 0.0223. The van der Waals surface area contributed by atoms with Crippen LogP contribution in [0.1, 0.15) is 16.7 Å². The second-order valence-corrected chi connectivity index (χ2v) is 7.33. The van der Waals surface area contributed by atoms with E-state index in [1.807, 2.05) is 12.1 Å². The van der Waals surface area contributed by atoms with Gasteiger partial charge >= 0.3 is 0 Å². The van der Waals surface area contributed by atoms with Gasteiger partial charge in [0.2, 0.25) is 10.0 Å². The summed E-state index contributed by atoms with van der Waals surface area (Å²) in [6, 6.07) is 7.29. The zero-order valence-corrected chi connectivity index (χ0v) is 13.6. The fourth-order valence-electron chi connectivity index (χ4n) is 1.95. The number of hydrogen-bond donors (Lipinski definition) is 0. The Morgan fingerprint density at radius 1 is 1.19 bits per heavy atom. The summed E-state index contributed by atoms with van der Waals surface area (Å²) in [5.74, 6) is 0.403. The van der Waals surface area contributed by atoms with Gasteiger partial charge in [0, 0.05) is 38.3 Å². The lowest BCUT2D eigenvalue weighted by molar-refractivity contribution is 0.465. The zero-order chi connectivity index (χ0) is 15.5. The molecule has 2 aromatic rings. The zero-order valence-electron chi connectivity index (χ0n) is 12.0. The number of aromatic nitrogens is 2. The molecule has 0 fully saturated rings. The molecule has 0 N–H and O–H groups in total. The molecule has 0 saturated carbocycles. The molecule has 1 aromatic carbocycles. The van der Waals surface area contributed by atoms with Crippen LogP contribution >= 0.6 is 11.6 Å². The molecule has 0 bridgehead atoms. The molecule has 0 aliphatic rings. The maximum absolute atomic E-state index is 12.3. The number of benzene rings is 1. The monoisotopic (exact) mass is 327 g/mol. The first-order valence-corrected chi connectivity index (χ1v) is 8.60. The van der Waals surface area contributed by atoms with E-state index in [1.54, 1.807) is 43.3 Å². The molecule has 0 amide bonds.